The van der Waals surface area contributed by atoms with E-state index in [1.165, 1.54) is 0 Å². The molecule has 0 unspecified atom stereocenters. The predicted molar refractivity (Wildman–Crippen MR) is 124 cm³/mol. The molecule has 8 nitrogen and oxygen atoms in total. The summed E-state index contributed by atoms with van der Waals surface area (Å²) >= 11 is 0. The van der Waals surface area contributed by atoms with Crippen LogP contribution in [0, 0.1) is 17.8 Å². The Hall–Kier alpha value is -2.23. The zero-order chi connectivity index (χ0) is 23.7. The minimum Gasteiger partial charge on any atom is -0.289 e. The summed E-state index contributed by atoms with van der Waals surface area (Å²) in [5.41, 5.74) is 5.22. The van der Waals surface area contributed by atoms with Crippen molar-refractivity contribution in [2.24, 2.45) is 17.8 Å². The Morgan fingerprint density at radius 2 is 1.75 bits per heavy atom. The summed E-state index contributed by atoms with van der Waals surface area (Å²) in [6.07, 6.45) is 8.47. The van der Waals surface area contributed by atoms with E-state index in [0.29, 0.717) is 19.3 Å². The minimum atomic E-state index is -3.67. The standard InChI is InChI=1S/C23H35N3O5S/c1-17(2)16-21(22(27)24-26(32(3,30)31)19-13-7-8-14-19)20(23(28)25-29)15-9-12-18-10-5-4-6-11-18/h4-6,9-12,17,19-21,29H,7-8,13-16H2,1-3H3,(H,24,27)(H,25,28)/t20-,21-/m0/s1. The number of hydrogen-bond acceptors (Lipinski definition) is 5. The highest BCUT2D eigenvalue weighted by Gasteiger charge is 2.37. The van der Waals surface area contributed by atoms with Crippen molar-refractivity contribution in [2.45, 2.75) is 58.4 Å². The summed E-state index contributed by atoms with van der Waals surface area (Å²) in [7, 11) is -3.67. The van der Waals surface area contributed by atoms with Crippen LogP contribution in [0.2, 0.25) is 0 Å². The van der Waals surface area contributed by atoms with E-state index in [2.05, 4.69) is 5.43 Å². The van der Waals surface area contributed by atoms with E-state index >= 15 is 0 Å². The molecule has 0 bridgehead atoms. The molecular weight excluding hydrogens is 430 g/mol. The van der Waals surface area contributed by atoms with E-state index in [4.69, 9.17) is 0 Å². The molecule has 1 aliphatic rings. The molecule has 2 amide bonds. The quantitative estimate of drug-likeness (QED) is 0.343. The monoisotopic (exact) mass is 465 g/mol. The molecule has 0 aliphatic heterocycles. The van der Waals surface area contributed by atoms with Gasteiger partial charge in [0, 0.05) is 6.04 Å². The van der Waals surface area contributed by atoms with Crippen molar-refractivity contribution in [1.82, 2.24) is 15.3 Å². The van der Waals surface area contributed by atoms with Crippen LogP contribution >= 0.6 is 0 Å². The molecule has 1 aromatic rings. The number of nitrogens with one attached hydrogen (secondary N) is 2. The number of nitrogens with zero attached hydrogens (tertiary/aromatic N) is 1. The molecule has 1 fully saturated rings. The maximum atomic E-state index is 13.3. The van der Waals surface area contributed by atoms with E-state index in [0.717, 1.165) is 29.1 Å². The Kier molecular flexibility index (Phi) is 9.86. The van der Waals surface area contributed by atoms with Crippen LogP contribution in [0.25, 0.3) is 6.08 Å². The van der Waals surface area contributed by atoms with Crippen LogP contribution in [0.3, 0.4) is 0 Å². The highest BCUT2D eigenvalue weighted by molar-refractivity contribution is 7.88. The zero-order valence-corrected chi connectivity index (χ0v) is 19.8. The number of carbonyl (C=O) groups is 2. The Labute approximate surface area is 191 Å². The summed E-state index contributed by atoms with van der Waals surface area (Å²) in [6, 6.07) is 9.25. The minimum absolute atomic E-state index is 0.0796. The number of allylic oxidation sites excluding steroid dienone is 1. The third-order valence-electron chi connectivity index (χ3n) is 5.73. The van der Waals surface area contributed by atoms with Crippen LogP contribution in [-0.2, 0) is 19.6 Å². The molecule has 0 heterocycles. The Morgan fingerprint density at radius 1 is 1.12 bits per heavy atom. The topological polar surface area (TPSA) is 116 Å². The molecule has 9 heteroatoms. The summed E-state index contributed by atoms with van der Waals surface area (Å²) in [6.45, 7) is 3.86. The SMILES string of the molecule is CC(C)C[C@H](C(=O)NN(C1CCCC1)S(C)(=O)=O)[C@H](CC=Cc1ccccc1)C(=O)NO. The van der Waals surface area contributed by atoms with E-state index in [1.54, 1.807) is 11.6 Å². The number of hydrogen-bond donors (Lipinski definition) is 3. The van der Waals surface area contributed by atoms with E-state index in [1.807, 2.05) is 50.3 Å². The van der Waals surface area contributed by atoms with Gasteiger partial charge in [0.05, 0.1) is 18.1 Å². The first-order valence-corrected chi connectivity index (χ1v) is 12.9. The Morgan fingerprint density at radius 3 is 2.28 bits per heavy atom. The Balaban J connectivity index is 2.26. The number of hydrazine groups is 1. The van der Waals surface area contributed by atoms with Crippen LogP contribution < -0.4 is 10.9 Å². The van der Waals surface area contributed by atoms with Gasteiger partial charge in [-0.15, -0.1) is 4.41 Å². The van der Waals surface area contributed by atoms with Gasteiger partial charge < -0.3 is 0 Å². The second kappa shape index (κ2) is 12.1. The molecule has 1 aliphatic carbocycles. The van der Waals surface area contributed by atoms with Gasteiger partial charge in [0.15, 0.2) is 0 Å². The summed E-state index contributed by atoms with van der Waals surface area (Å²) < 4.78 is 25.8. The lowest BCUT2D eigenvalue weighted by Gasteiger charge is -2.31. The van der Waals surface area contributed by atoms with Gasteiger partial charge >= 0.3 is 0 Å². The van der Waals surface area contributed by atoms with Gasteiger partial charge in [-0.25, -0.2) is 13.9 Å². The molecule has 1 aromatic carbocycles. The van der Waals surface area contributed by atoms with Gasteiger partial charge in [0.25, 0.3) is 0 Å². The highest BCUT2D eigenvalue weighted by Crippen LogP contribution is 2.28. The predicted octanol–water partition coefficient (Wildman–Crippen LogP) is 3.11. The van der Waals surface area contributed by atoms with Gasteiger partial charge in [-0.2, -0.15) is 0 Å². The van der Waals surface area contributed by atoms with E-state index in [9.17, 15) is 23.2 Å². The van der Waals surface area contributed by atoms with Crippen molar-refractivity contribution in [3.8, 4) is 0 Å². The van der Waals surface area contributed by atoms with Crippen LogP contribution in [0.4, 0.5) is 0 Å². The lowest BCUT2D eigenvalue weighted by molar-refractivity contribution is -0.142. The fourth-order valence-electron chi connectivity index (χ4n) is 4.19. The first kappa shape index (κ1) is 26.0. The first-order chi connectivity index (χ1) is 15.1. The summed E-state index contributed by atoms with van der Waals surface area (Å²) in [5.74, 6) is -2.79. The molecule has 2 rings (SSSR count). The number of amides is 2. The van der Waals surface area contributed by atoms with Crippen LogP contribution in [0.15, 0.2) is 36.4 Å². The van der Waals surface area contributed by atoms with Crippen molar-refractivity contribution in [1.29, 1.82) is 0 Å². The molecule has 0 saturated heterocycles. The molecule has 1 saturated carbocycles. The molecule has 0 radical (unpaired) electrons. The van der Waals surface area contributed by atoms with Crippen LogP contribution in [0.1, 0.15) is 57.9 Å². The van der Waals surface area contributed by atoms with Crippen LogP contribution in [-0.4, -0.2) is 42.2 Å². The van der Waals surface area contributed by atoms with Crippen molar-refractivity contribution < 1.29 is 23.2 Å². The molecule has 178 valence electrons. The number of carbonyl (C=O) groups excluding carboxylic acids is 2. The normalized spacial score (nSPS) is 17.1. The van der Waals surface area contributed by atoms with Gasteiger partial charge in [-0.3, -0.25) is 20.2 Å². The second-order valence-corrected chi connectivity index (χ2v) is 10.7. The van der Waals surface area contributed by atoms with Crippen LogP contribution in [0.5, 0.6) is 0 Å². The van der Waals surface area contributed by atoms with Gasteiger partial charge in [0.2, 0.25) is 21.8 Å². The van der Waals surface area contributed by atoms with Crippen molar-refractivity contribution in [3.05, 3.63) is 42.0 Å². The molecule has 3 N–H and O–H groups in total. The number of hydroxylamine groups is 1. The molecule has 2 atom stereocenters. The van der Waals surface area contributed by atoms with Gasteiger partial charge in [-0.1, -0.05) is 69.2 Å². The molecule has 0 spiro atoms. The zero-order valence-electron chi connectivity index (χ0n) is 19.0. The lowest BCUT2D eigenvalue weighted by atomic mass is 9.82. The fraction of sp³-hybridized carbons (Fsp3) is 0.565. The summed E-state index contributed by atoms with van der Waals surface area (Å²) in [5, 5.41) is 9.31. The summed E-state index contributed by atoms with van der Waals surface area (Å²) in [4.78, 5) is 25.8. The maximum absolute atomic E-state index is 13.3. The molecule has 32 heavy (non-hydrogen) atoms. The fourth-order valence-corrected chi connectivity index (χ4v) is 5.20. The highest BCUT2D eigenvalue weighted by atomic mass is 32.2. The Bertz CT molecular complexity index is 880. The number of benzene rings is 1. The average molecular weight is 466 g/mol. The average Bonchev–Trinajstić information content (AvgIpc) is 3.27. The van der Waals surface area contributed by atoms with Crippen molar-refractivity contribution in [2.75, 3.05) is 6.26 Å². The third kappa shape index (κ3) is 7.72. The lowest BCUT2D eigenvalue weighted by Crippen LogP contribution is -2.54. The number of rotatable bonds is 11. The molecule has 0 aromatic heterocycles. The van der Waals surface area contributed by atoms with Crippen molar-refractivity contribution >= 4 is 27.9 Å². The maximum Gasteiger partial charge on any atom is 0.247 e. The molecular formula is C23H35N3O5S. The number of sulfonamides is 1. The largest absolute Gasteiger partial charge is 0.289 e. The third-order valence-corrected chi connectivity index (χ3v) is 6.83. The second-order valence-electron chi connectivity index (χ2n) is 8.84. The van der Waals surface area contributed by atoms with Gasteiger partial charge in [-0.05, 0) is 37.2 Å². The van der Waals surface area contributed by atoms with Crippen molar-refractivity contribution in [3.63, 3.8) is 0 Å². The van der Waals surface area contributed by atoms with Gasteiger partial charge in [0.1, 0.15) is 0 Å². The van der Waals surface area contributed by atoms with E-state index in [-0.39, 0.29) is 18.4 Å². The van der Waals surface area contributed by atoms with E-state index < -0.39 is 33.7 Å². The first-order valence-electron chi connectivity index (χ1n) is 11.1. The smallest absolute Gasteiger partial charge is 0.247 e.